The van der Waals surface area contributed by atoms with Crippen molar-refractivity contribution in [1.29, 1.82) is 0 Å². The van der Waals surface area contributed by atoms with Crippen LogP contribution >= 0.6 is 0 Å². The Morgan fingerprint density at radius 3 is 1.21 bits per heavy atom. The number of hydrogen-bond donors (Lipinski definition) is 2. The zero-order chi connectivity index (χ0) is 19.6. The lowest BCUT2D eigenvalue weighted by molar-refractivity contribution is 0.474. The van der Waals surface area contributed by atoms with Gasteiger partial charge in [-0.15, -0.1) is 0 Å². The first-order valence-electron chi connectivity index (χ1n) is 8.51. The van der Waals surface area contributed by atoms with Crippen molar-refractivity contribution in [3.63, 3.8) is 0 Å². The number of nitrogens with zero attached hydrogens (tertiary/aromatic N) is 4. The van der Waals surface area contributed by atoms with Gasteiger partial charge < -0.3 is 10.2 Å². The van der Waals surface area contributed by atoms with Crippen LogP contribution in [0.3, 0.4) is 0 Å². The van der Waals surface area contributed by atoms with Crippen LogP contribution in [0.2, 0.25) is 0 Å². The van der Waals surface area contributed by atoms with E-state index in [-0.39, 0.29) is 11.5 Å². The van der Waals surface area contributed by atoms with Gasteiger partial charge in [0.25, 0.3) is 0 Å². The van der Waals surface area contributed by atoms with Crippen molar-refractivity contribution in [2.24, 2.45) is 20.4 Å². The molecule has 0 fully saturated rings. The number of rotatable bonds is 6. The molecule has 2 N–H and O–H groups in total. The van der Waals surface area contributed by atoms with E-state index in [0.717, 1.165) is 11.1 Å². The van der Waals surface area contributed by atoms with Crippen molar-refractivity contribution in [2.45, 2.75) is 0 Å². The largest absolute Gasteiger partial charge is 0.507 e. The molecule has 0 radical (unpaired) electrons. The smallest absolute Gasteiger partial charge is 0.124 e. The molecule has 0 amide bonds. The topological polar surface area (TPSA) is 89.9 Å². The first-order valence-corrected chi connectivity index (χ1v) is 8.51. The molecule has 0 spiro atoms. The van der Waals surface area contributed by atoms with Crippen LogP contribution in [0.5, 0.6) is 11.5 Å². The second-order valence-electron chi connectivity index (χ2n) is 5.76. The van der Waals surface area contributed by atoms with Crippen LogP contribution in [0.15, 0.2) is 93.2 Å². The predicted octanol–water partition coefficient (Wildman–Crippen LogP) is 4.00. The van der Waals surface area contributed by atoms with Gasteiger partial charge in [0.05, 0.1) is 24.9 Å². The summed E-state index contributed by atoms with van der Waals surface area (Å²) in [7, 11) is 0. The molecule has 0 bridgehead atoms. The van der Waals surface area contributed by atoms with Crippen LogP contribution in [-0.4, -0.2) is 35.1 Å². The van der Waals surface area contributed by atoms with Gasteiger partial charge in [0.2, 0.25) is 0 Å². The van der Waals surface area contributed by atoms with Crippen LogP contribution in [0.4, 0.5) is 0 Å². The third-order valence-electron chi connectivity index (χ3n) is 3.75. The van der Waals surface area contributed by atoms with Crippen molar-refractivity contribution in [2.75, 3.05) is 0 Å². The lowest BCUT2D eigenvalue weighted by Crippen LogP contribution is -1.85. The predicted molar refractivity (Wildman–Crippen MR) is 113 cm³/mol. The molecule has 0 atom stereocenters. The quantitative estimate of drug-likeness (QED) is 0.507. The minimum absolute atomic E-state index is 0.162. The fourth-order valence-electron chi connectivity index (χ4n) is 2.25. The molecule has 0 saturated carbocycles. The van der Waals surface area contributed by atoms with E-state index in [9.17, 15) is 10.2 Å². The van der Waals surface area contributed by atoms with E-state index in [2.05, 4.69) is 20.4 Å². The lowest BCUT2D eigenvalue weighted by Gasteiger charge is -1.95. The summed E-state index contributed by atoms with van der Waals surface area (Å²) < 4.78 is 0. The van der Waals surface area contributed by atoms with E-state index in [1.807, 2.05) is 36.4 Å². The highest BCUT2D eigenvalue weighted by molar-refractivity contribution is 5.87. The van der Waals surface area contributed by atoms with Gasteiger partial charge in [-0.3, -0.25) is 0 Å². The average Bonchev–Trinajstić information content (AvgIpc) is 2.72. The van der Waals surface area contributed by atoms with Crippen molar-refractivity contribution >= 4 is 24.9 Å². The molecule has 0 aliphatic rings. The van der Waals surface area contributed by atoms with Gasteiger partial charge in [-0.1, -0.05) is 48.5 Å². The number of phenolic OH excluding ortho intramolecular Hbond substituents is 2. The normalized spacial score (nSPS) is 12.0. The molecule has 138 valence electrons. The minimum Gasteiger partial charge on any atom is -0.507 e. The monoisotopic (exact) mass is 370 g/mol. The molecule has 0 saturated heterocycles. The summed E-state index contributed by atoms with van der Waals surface area (Å²) in [6.45, 7) is 0. The highest BCUT2D eigenvalue weighted by Crippen LogP contribution is 2.13. The SMILES string of the molecule is Oc1ccccc1C=NN=Cc1ccc(C=NN=Cc2ccccc2O)cc1. The highest BCUT2D eigenvalue weighted by atomic mass is 16.3. The highest BCUT2D eigenvalue weighted by Gasteiger charge is 1.95. The van der Waals surface area contributed by atoms with Gasteiger partial charge in [-0.05, 0) is 35.4 Å². The van der Waals surface area contributed by atoms with E-state index in [1.165, 1.54) is 12.4 Å². The molecule has 3 aromatic carbocycles. The van der Waals surface area contributed by atoms with Gasteiger partial charge in [0.15, 0.2) is 0 Å². The van der Waals surface area contributed by atoms with Crippen LogP contribution in [0.25, 0.3) is 0 Å². The molecule has 0 aliphatic heterocycles. The Balaban J connectivity index is 1.56. The lowest BCUT2D eigenvalue weighted by atomic mass is 10.2. The van der Waals surface area contributed by atoms with Gasteiger partial charge in [-0.2, -0.15) is 20.4 Å². The summed E-state index contributed by atoms with van der Waals surface area (Å²) >= 11 is 0. The fraction of sp³-hybridized carbons (Fsp3) is 0. The number of para-hydroxylation sites is 2. The van der Waals surface area contributed by atoms with Gasteiger partial charge >= 0.3 is 0 Å². The summed E-state index contributed by atoms with van der Waals surface area (Å²) in [6.07, 6.45) is 6.23. The maximum Gasteiger partial charge on any atom is 0.124 e. The van der Waals surface area contributed by atoms with Crippen LogP contribution in [0, 0.1) is 0 Å². The maximum absolute atomic E-state index is 9.65. The van der Waals surface area contributed by atoms with E-state index in [1.54, 1.807) is 48.8 Å². The second-order valence-corrected chi connectivity index (χ2v) is 5.76. The summed E-state index contributed by atoms with van der Waals surface area (Å²) in [5.74, 6) is 0.324. The standard InChI is InChI=1S/C22H18N4O2/c27-21-7-3-1-5-19(21)15-25-23-13-17-9-11-18(12-10-17)14-24-26-16-20-6-2-4-8-22(20)28/h1-16,27-28H. The summed E-state index contributed by atoms with van der Waals surface area (Å²) in [6, 6.07) is 21.4. The molecular formula is C22H18N4O2. The third-order valence-corrected chi connectivity index (χ3v) is 3.75. The number of phenols is 2. The van der Waals surface area contributed by atoms with Gasteiger partial charge in [0, 0.05) is 11.1 Å². The Kier molecular flexibility index (Phi) is 6.41. The Morgan fingerprint density at radius 1 is 0.464 bits per heavy atom. The average molecular weight is 370 g/mol. The zero-order valence-electron chi connectivity index (χ0n) is 14.9. The molecular weight excluding hydrogens is 352 g/mol. The molecule has 0 heterocycles. The van der Waals surface area contributed by atoms with Crippen LogP contribution in [0.1, 0.15) is 22.3 Å². The molecule has 6 nitrogen and oxygen atoms in total. The van der Waals surface area contributed by atoms with Crippen molar-refractivity contribution in [1.82, 2.24) is 0 Å². The van der Waals surface area contributed by atoms with E-state index in [4.69, 9.17) is 0 Å². The summed E-state index contributed by atoms with van der Waals surface area (Å²) in [5, 5.41) is 35.1. The maximum atomic E-state index is 9.65. The molecule has 0 unspecified atom stereocenters. The van der Waals surface area contributed by atoms with Crippen molar-refractivity contribution < 1.29 is 10.2 Å². The number of hydrogen-bond acceptors (Lipinski definition) is 6. The van der Waals surface area contributed by atoms with E-state index >= 15 is 0 Å². The first kappa shape index (κ1) is 18.7. The molecule has 6 heteroatoms. The van der Waals surface area contributed by atoms with E-state index < -0.39 is 0 Å². The summed E-state index contributed by atoms with van der Waals surface area (Å²) in [4.78, 5) is 0. The summed E-state index contributed by atoms with van der Waals surface area (Å²) in [5.41, 5.74) is 2.97. The Hall–Kier alpha value is -4.06. The van der Waals surface area contributed by atoms with E-state index in [0.29, 0.717) is 11.1 Å². The first-order chi connectivity index (χ1) is 13.7. The molecule has 0 aromatic heterocycles. The zero-order valence-corrected chi connectivity index (χ0v) is 14.9. The number of aromatic hydroxyl groups is 2. The van der Waals surface area contributed by atoms with Crippen LogP contribution < -0.4 is 0 Å². The minimum atomic E-state index is 0.162. The fourth-order valence-corrected chi connectivity index (χ4v) is 2.25. The second kappa shape index (κ2) is 9.59. The molecule has 28 heavy (non-hydrogen) atoms. The number of benzene rings is 3. The Bertz CT molecular complexity index is 954. The van der Waals surface area contributed by atoms with Crippen LogP contribution in [-0.2, 0) is 0 Å². The Labute approximate surface area is 162 Å². The van der Waals surface area contributed by atoms with Gasteiger partial charge in [0.1, 0.15) is 11.5 Å². The molecule has 0 aliphatic carbocycles. The van der Waals surface area contributed by atoms with Crippen molar-refractivity contribution in [3.05, 3.63) is 95.1 Å². The molecule has 3 rings (SSSR count). The Morgan fingerprint density at radius 2 is 0.821 bits per heavy atom. The molecule has 3 aromatic rings. The van der Waals surface area contributed by atoms with Gasteiger partial charge in [-0.25, -0.2) is 0 Å². The van der Waals surface area contributed by atoms with Crippen molar-refractivity contribution in [3.8, 4) is 11.5 Å². The third kappa shape index (κ3) is 5.47.